The van der Waals surface area contributed by atoms with Crippen molar-refractivity contribution in [3.05, 3.63) is 28.2 Å². The maximum absolute atomic E-state index is 11.9. The first-order valence-electron chi connectivity index (χ1n) is 4.63. The van der Waals surface area contributed by atoms with Crippen molar-refractivity contribution >= 4 is 26.0 Å². The van der Waals surface area contributed by atoms with Crippen molar-refractivity contribution in [2.24, 2.45) is 5.73 Å². The van der Waals surface area contributed by atoms with Gasteiger partial charge in [0.15, 0.2) is 0 Å². The zero-order valence-corrected chi connectivity index (χ0v) is 11.1. The third-order valence-corrected chi connectivity index (χ3v) is 4.35. The van der Waals surface area contributed by atoms with Crippen molar-refractivity contribution in [3.63, 3.8) is 0 Å². The van der Waals surface area contributed by atoms with Gasteiger partial charge in [-0.3, -0.25) is 0 Å². The minimum atomic E-state index is -3.93. The summed E-state index contributed by atoms with van der Waals surface area (Å²) in [6.07, 6.45) is -2.73. The smallest absolute Gasteiger partial charge is 0.251 e. The standard InChI is InChI=1S/C9H11BrF2N2O2S/c10-7-3-6(4-13)1-2-8(7)17(15,16)14-5-9(11)12/h1-3,9,14H,4-5,13H2. The van der Waals surface area contributed by atoms with Crippen LogP contribution in [-0.4, -0.2) is 21.4 Å². The highest BCUT2D eigenvalue weighted by atomic mass is 79.9. The summed E-state index contributed by atoms with van der Waals surface area (Å²) in [5, 5.41) is 0. The van der Waals surface area contributed by atoms with Gasteiger partial charge < -0.3 is 5.73 Å². The highest BCUT2D eigenvalue weighted by molar-refractivity contribution is 9.10. The average Bonchev–Trinajstić information content (AvgIpc) is 2.26. The third kappa shape index (κ3) is 3.98. The second-order valence-electron chi connectivity index (χ2n) is 3.21. The maximum atomic E-state index is 11.9. The molecule has 0 saturated carbocycles. The van der Waals surface area contributed by atoms with E-state index in [2.05, 4.69) is 15.9 Å². The lowest BCUT2D eigenvalue weighted by Crippen LogP contribution is -2.28. The Labute approximate surface area is 106 Å². The van der Waals surface area contributed by atoms with E-state index in [-0.39, 0.29) is 11.4 Å². The molecule has 8 heteroatoms. The normalized spacial score (nSPS) is 12.1. The van der Waals surface area contributed by atoms with Crippen LogP contribution in [0.4, 0.5) is 8.78 Å². The van der Waals surface area contributed by atoms with Crippen LogP contribution in [0.25, 0.3) is 0 Å². The first-order valence-corrected chi connectivity index (χ1v) is 6.90. The molecule has 0 aliphatic carbocycles. The van der Waals surface area contributed by atoms with E-state index >= 15 is 0 Å². The summed E-state index contributed by atoms with van der Waals surface area (Å²) < 4.78 is 49.3. The number of alkyl halides is 2. The van der Waals surface area contributed by atoms with Crippen molar-refractivity contribution in [1.29, 1.82) is 0 Å². The number of hydrogen-bond acceptors (Lipinski definition) is 3. The molecule has 0 aliphatic heterocycles. The quantitative estimate of drug-likeness (QED) is 0.859. The summed E-state index contributed by atoms with van der Waals surface area (Å²) in [7, 11) is -3.93. The SMILES string of the molecule is NCc1ccc(S(=O)(=O)NCC(F)F)c(Br)c1. The molecule has 1 rings (SSSR count). The van der Waals surface area contributed by atoms with Crippen molar-refractivity contribution in [2.45, 2.75) is 17.9 Å². The number of halogens is 3. The number of rotatable bonds is 5. The molecule has 0 amide bonds. The molecule has 0 atom stereocenters. The van der Waals surface area contributed by atoms with Gasteiger partial charge in [-0.15, -0.1) is 0 Å². The highest BCUT2D eigenvalue weighted by Crippen LogP contribution is 2.23. The van der Waals surface area contributed by atoms with Crippen LogP contribution in [0.2, 0.25) is 0 Å². The molecule has 3 N–H and O–H groups in total. The van der Waals surface area contributed by atoms with Gasteiger partial charge in [-0.2, -0.15) is 0 Å². The van der Waals surface area contributed by atoms with Gasteiger partial charge in [0.25, 0.3) is 6.43 Å². The minimum Gasteiger partial charge on any atom is -0.326 e. The molecule has 0 saturated heterocycles. The number of benzene rings is 1. The number of sulfonamides is 1. The van der Waals surface area contributed by atoms with Crippen LogP contribution in [0.3, 0.4) is 0 Å². The van der Waals surface area contributed by atoms with Crippen molar-refractivity contribution in [2.75, 3.05) is 6.54 Å². The summed E-state index contributed by atoms with van der Waals surface area (Å²) in [6, 6.07) is 4.39. The largest absolute Gasteiger partial charge is 0.326 e. The van der Waals surface area contributed by atoms with Gasteiger partial charge in [-0.05, 0) is 33.6 Å². The Balaban J connectivity index is 2.99. The van der Waals surface area contributed by atoms with E-state index in [0.717, 1.165) is 5.56 Å². The Morgan fingerprint density at radius 3 is 2.53 bits per heavy atom. The van der Waals surface area contributed by atoms with Crippen LogP contribution in [-0.2, 0) is 16.6 Å². The van der Waals surface area contributed by atoms with Gasteiger partial charge in [0.2, 0.25) is 10.0 Å². The van der Waals surface area contributed by atoms with Crippen molar-refractivity contribution < 1.29 is 17.2 Å². The Morgan fingerprint density at radius 1 is 1.41 bits per heavy atom. The van der Waals surface area contributed by atoms with E-state index in [1.54, 1.807) is 0 Å². The lowest BCUT2D eigenvalue weighted by Gasteiger charge is -2.09. The lowest BCUT2D eigenvalue weighted by atomic mass is 10.2. The summed E-state index contributed by atoms with van der Waals surface area (Å²) in [5.74, 6) is 0. The average molecular weight is 329 g/mol. The van der Waals surface area contributed by atoms with E-state index in [1.165, 1.54) is 18.2 Å². The third-order valence-electron chi connectivity index (χ3n) is 1.95. The van der Waals surface area contributed by atoms with Crippen LogP contribution < -0.4 is 10.5 Å². The fourth-order valence-electron chi connectivity index (χ4n) is 1.14. The highest BCUT2D eigenvalue weighted by Gasteiger charge is 2.19. The van der Waals surface area contributed by atoms with Crippen LogP contribution in [0.15, 0.2) is 27.6 Å². The number of nitrogens with two attached hydrogens (primary N) is 1. The summed E-state index contributed by atoms with van der Waals surface area (Å²) >= 11 is 3.07. The molecule has 0 bridgehead atoms. The molecular formula is C9H11BrF2N2O2S. The van der Waals surface area contributed by atoms with Crippen LogP contribution >= 0.6 is 15.9 Å². The minimum absolute atomic E-state index is 0.0876. The van der Waals surface area contributed by atoms with Crippen molar-refractivity contribution in [3.8, 4) is 0 Å². The van der Waals surface area contributed by atoms with E-state index in [9.17, 15) is 17.2 Å². The molecule has 4 nitrogen and oxygen atoms in total. The molecule has 96 valence electrons. The van der Waals surface area contributed by atoms with Gasteiger partial charge in [-0.1, -0.05) is 6.07 Å². The molecule has 1 aromatic rings. The van der Waals surface area contributed by atoms with Crippen LogP contribution in [0.1, 0.15) is 5.56 Å². The van der Waals surface area contributed by atoms with E-state index < -0.39 is 23.0 Å². The van der Waals surface area contributed by atoms with E-state index in [1.807, 2.05) is 4.72 Å². The second kappa shape index (κ2) is 5.85. The molecule has 0 spiro atoms. The van der Waals surface area contributed by atoms with Gasteiger partial charge in [-0.25, -0.2) is 21.9 Å². The van der Waals surface area contributed by atoms with Gasteiger partial charge >= 0.3 is 0 Å². The molecule has 0 radical (unpaired) electrons. The van der Waals surface area contributed by atoms with Gasteiger partial charge in [0.1, 0.15) is 0 Å². The molecule has 0 aliphatic rings. The molecule has 1 aromatic carbocycles. The van der Waals surface area contributed by atoms with Crippen LogP contribution in [0.5, 0.6) is 0 Å². The zero-order chi connectivity index (χ0) is 13.1. The predicted octanol–water partition coefficient (Wildman–Crippen LogP) is 1.45. The van der Waals surface area contributed by atoms with E-state index in [4.69, 9.17) is 5.73 Å². The molecule has 0 fully saturated rings. The number of hydrogen-bond donors (Lipinski definition) is 2. The Hall–Kier alpha value is -0.570. The fourth-order valence-corrected chi connectivity index (χ4v) is 3.27. The molecule has 0 unspecified atom stereocenters. The van der Waals surface area contributed by atoms with Crippen LogP contribution in [0, 0.1) is 0 Å². The Bertz CT molecular complexity index is 494. The first-order chi connectivity index (χ1) is 7.86. The predicted molar refractivity (Wildman–Crippen MR) is 63.2 cm³/mol. The summed E-state index contributed by atoms with van der Waals surface area (Å²) in [5.41, 5.74) is 6.13. The summed E-state index contributed by atoms with van der Waals surface area (Å²) in [4.78, 5) is -0.0876. The van der Waals surface area contributed by atoms with Gasteiger partial charge in [0.05, 0.1) is 11.4 Å². The first kappa shape index (κ1) is 14.5. The number of nitrogens with one attached hydrogen (secondary N) is 1. The van der Waals surface area contributed by atoms with E-state index in [0.29, 0.717) is 4.47 Å². The topological polar surface area (TPSA) is 72.2 Å². The molecule has 17 heavy (non-hydrogen) atoms. The van der Waals surface area contributed by atoms with Crippen molar-refractivity contribution in [1.82, 2.24) is 4.72 Å². The monoisotopic (exact) mass is 328 g/mol. The lowest BCUT2D eigenvalue weighted by molar-refractivity contribution is 0.153. The zero-order valence-electron chi connectivity index (χ0n) is 8.66. The Kier molecular flexibility index (Phi) is 4.99. The molecule has 0 aromatic heterocycles. The fraction of sp³-hybridized carbons (Fsp3) is 0.333. The molecular weight excluding hydrogens is 318 g/mol. The van der Waals surface area contributed by atoms with Gasteiger partial charge in [0, 0.05) is 11.0 Å². The second-order valence-corrected chi connectivity index (χ2v) is 5.80. The maximum Gasteiger partial charge on any atom is 0.251 e. The molecule has 0 heterocycles. The Morgan fingerprint density at radius 2 is 2.06 bits per heavy atom. The summed E-state index contributed by atoms with van der Waals surface area (Å²) in [6.45, 7) is -0.642.